The van der Waals surface area contributed by atoms with Gasteiger partial charge in [0.05, 0.1) is 11.9 Å². The number of aromatic amines is 1. The number of pyridine rings is 1. The van der Waals surface area contributed by atoms with Crippen molar-refractivity contribution in [1.82, 2.24) is 24.9 Å². The molecule has 1 aromatic carbocycles. The molecule has 122 valence electrons. The van der Waals surface area contributed by atoms with Crippen LogP contribution in [-0.4, -0.2) is 19.6 Å². The summed E-state index contributed by atoms with van der Waals surface area (Å²) in [6.45, 7) is 4.61. The zero-order valence-electron chi connectivity index (χ0n) is 13.4. The third-order valence-electron chi connectivity index (χ3n) is 4.09. The van der Waals surface area contributed by atoms with Crippen molar-refractivity contribution >= 4 is 27.2 Å². The Hall–Kier alpha value is -2.51. The fourth-order valence-electron chi connectivity index (χ4n) is 2.74. The normalized spacial score (nSPS) is 12.9. The molecule has 2 N–H and O–H groups in total. The van der Waals surface area contributed by atoms with Crippen molar-refractivity contribution in [1.29, 1.82) is 0 Å². The Bertz CT molecular complexity index is 1050. The minimum absolute atomic E-state index is 0.0450. The first-order valence-corrected chi connectivity index (χ1v) is 8.63. The van der Waals surface area contributed by atoms with Crippen molar-refractivity contribution in [2.75, 3.05) is 0 Å². The number of imidazole rings is 1. The van der Waals surface area contributed by atoms with Crippen LogP contribution in [0.25, 0.3) is 15.9 Å². The molecule has 0 saturated carbocycles. The van der Waals surface area contributed by atoms with Gasteiger partial charge in [-0.25, -0.2) is 9.50 Å². The number of rotatable bonds is 4. The van der Waals surface area contributed by atoms with Gasteiger partial charge < -0.3 is 10.3 Å². The van der Waals surface area contributed by atoms with E-state index >= 15 is 0 Å². The minimum atomic E-state index is 0.0450. The number of hydrogen-bond acceptors (Lipinski definition) is 5. The number of nitrogens with zero attached hydrogens (tertiary/aromatic N) is 3. The average molecular weight is 339 g/mol. The van der Waals surface area contributed by atoms with Gasteiger partial charge in [-0.15, -0.1) is 0 Å². The van der Waals surface area contributed by atoms with Crippen LogP contribution in [0.2, 0.25) is 0 Å². The summed E-state index contributed by atoms with van der Waals surface area (Å²) in [5, 5.41) is 8.32. The second-order valence-corrected chi connectivity index (χ2v) is 6.75. The van der Waals surface area contributed by atoms with E-state index in [1.807, 2.05) is 31.3 Å². The SMILES string of the molecule is Cc1ccc2[nH]c(CN[C@@H](C)c3cn4ncsc4n3)cc(=O)c2c1. The monoisotopic (exact) mass is 339 g/mol. The molecule has 0 spiro atoms. The Morgan fingerprint density at radius 1 is 1.38 bits per heavy atom. The highest BCUT2D eigenvalue weighted by Crippen LogP contribution is 2.16. The second-order valence-electron chi connectivity index (χ2n) is 5.94. The predicted octanol–water partition coefficient (Wildman–Crippen LogP) is 2.79. The molecule has 6 nitrogen and oxygen atoms in total. The molecular weight excluding hydrogens is 322 g/mol. The molecule has 0 aliphatic carbocycles. The fourth-order valence-corrected chi connectivity index (χ4v) is 3.35. The van der Waals surface area contributed by atoms with E-state index < -0.39 is 0 Å². The molecule has 7 heteroatoms. The first-order chi connectivity index (χ1) is 11.6. The van der Waals surface area contributed by atoms with Crippen LogP contribution in [0, 0.1) is 6.92 Å². The molecule has 3 heterocycles. The maximum Gasteiger partial charge on any atom is 0.212 e. The lowest BCUT2D eigenvalue weighted by Crippen LogP contribution is -2.20. The number of nitrogens with one attached hydrogen (secondary N) is 2. The van der Waals surface area contributed by atoms with Crippen LogP contribution in [0.15, 0.2) is 40.8 Å². The van der Waals surface area contributed by atoms with Gasteiger partial charge in [0.2, 0.25) is 4.96 Å². The summed E-state index contributed by atoms with van der Waals surface area (Å²) in [7, 11) is 0. The zero-order valence-corrected chi connectivity index (χ0v) is 14.2. The molecule has 0 bridgehead atoms. The van der Waals surface area contributed by atoms with E-state index in [-0.39, 0.29) is 11.5 Å². The Balaban J connectivity index is 1.54. The molecule has 0 aliphatic rings. The summed E-state index contributed by atoms with van der Waals surface area (Å²) >= 11 is 1.51. The van der Waals surface area contributed by atoms with Crippen molar-refractivity contribution in [3.63, 3.8) is 0 Å². The molecule has 4 aromatic rings. The van der Waals surface area contributed by atoms with E-state index in [0.717, 1.165) is 32.8 Å². The maximum absolute atomic E-state index is 12.3. The molecule has 1 atom stereocenters. The van der Waals surface area contributed by atoms with Gasteiger partial charge in [-0.05, 0) is 26.0 Å². The smallest absolute Gasteiger partial charge is 0.212 e. The molecule has 0 fully saturated rings. The van der Waals surface area contributed by atoms with Gasteiger partial charge in [0.1, 0.15) is 5.51 Å². The predicted molar refractivity (Wildman–Crippen MR) is 95.4 cm³/mol. The number of fused-ring (bicyclic) bond motifs is 2. The second kappa shape index (κ2) is 5.85. The third-order valence-corrected chi connectivity index (χ3v) is 4.78. The van der Waals surface area contributed by atoms with Crippen molar-refractivity contribution in [2.24, 2.45) is 0 Å². The van der Waals surface area contributed by atoms with E-state index in [1.165, 1.54) is 11.3 Å². The topological polar surface area (TPSA) is 75.1 Å². The van der Waals surface area contributed by atoms with E-state index in [9.17, 15) is 4.79 Å². The molecule has 0 amide bonds. The Kier molecular flexibility index (Phi) is 3.66. The van der Waals surface area contributed by atoms with E-state index in [2.05, 4.69) is 27.3 Å². The van der Waals surface area contributed by atoms with Crippen molar-refractivity contribution in [3.8, 4) is 0 Å². The number of hydrogen-bond donors (Lipinski definition) is 2. The molecule has 4 rings (SSSR count). The first kappa shape index (κ1) is 15.0. The molecule has 0 saturated heterocycles. The molecule has 3 aromatic heterocycles. The van der Waals surface area contributed by atoms with Gasteiger partial charge in [0, 0.05) is 35.2 Å². The van der Waals surface area contributed by atoms with E-state index in [0.29, 0.717) is 6.54 Å². The summed E-state index contributed by atoms with van der Waals surface area (Å²) in [6.07, 6.45) is 1.93. The van der Waals surface area contributed by atoms with Crippen molar-refractivity contribution in [3.05, 3.63) is 63.1 Å². The van der Waals surface area contributed by atoms with Gasteiger partial charge in [-0.2, -0.15) is 5.10 Å². The summed E-state index contributed by atoms with van der Waals surface area (Å²) in [5.74, 6) is 0. The average Bonchev–Trinajstić information content (AvgIpc) is 3.15. The number of aromatic nitrogens is 4. The maximum atomic E-state index is 12.3. The van der Waals surface area contributed by atoms with E-state index in [1.54, 1.807) is 16.1 Å². The first-order valence-electron chi connectivity index (χ1n) is 7.75. The zero-order chi connectivity index (χ0) is 16.7. The Morgan fingerprint density at radius 2 is 2.25 bits per heavy atom. The third kappa shape index (κ3) is 2.72. The molecule has 0 unspecified atom stereocenters. The van der Waals surface area contributed by atoms with Gasteiger partial charge in [-0.3, -0.25) is 4.79 Å². The van der Waals surface area contributed by atoms with Crippen LogP contribution in [0.4, 0.5) is 0 Å². The quantitative estimate of drug-likeness (QED) is 0.599. The van der Waals surface area contributed by atoms with Crippen LogP contribution >= 0.6 is 11.3 Å². The highest BCUT2D eigenvalue weighted by atomic mass is 32.1. The van der Waals surface area contributed by atoms with Crippen molar-refractivity contribution in [2.45, 2.75) is 26.4 Å². The summed E-state index contributed by atoms with van der Waals surface area (Å²) in [4.78, 5) is 21.0. The molecular formula is C17H17N5OS. The molecule has 0 radical (unpaired) electrons. The van der Waals surface area contributed by atoms with Crippen LogP contribution in [-0.2, 0) is 6.54 Å². The highest BCUT2D eigenvalue weighted by Gasteiger charge is 2.11. The molecule has 24 heavy (non-hydrogen) atoms. The summed E-state index contributed by atoms with van der Waals surface area (Å²) in [5.41, 5.74) is 5.57. The van der Waals surface area contributed by atoms with Gasteiger partial charge in [0.25, 0.3) is 0 Å². The van der Waals surface area contributed by atoms with Gasteiger partial charge in [-0.1, -0.05) is 23.0 Å². The lowest BCUT2D eigenvalue weighted by molar-refractivity contribution is 0.558. The summed E-state index contributed by atoms with van der Waals surface area (Å²) in [6, 6.07) is 7.60. The number of benzene rings is 1. The van der Waals surface area contributed by atoms with Crippen LogP contribution in [0.1, 0.15) is 29.9 Å². The van der Waals surface area contributed by atoms with Crippen LogP contribution in [0.5, 0.6) is 0 Å². The van der Waals surface area contributed by atoms with Crippen LogP contribution < -0.4 is 10.7 Å². The lowest BCUT2D eigenvalue weighted by atomic mass is 10.1. The largest absolute Gasteiger partial charge is 0.357 e. The number of H-pyrrole nitrogens is 1. The Morgan fingerprint density at radius 3 is 3.08 bits per heavy atom. The lowest BCUT2D eigenvalue weighted by Gasteiger charge is -2.12. The highest BCUT2D eigenvalue weighted by molar-refractivity contribution is 7.14. The van der Waals surface area contributed by atoms with Crippen molar-refractivity contribution < 1.29 is 0 Å². The number of aryl methyl sites for hydroxylation is 1. The Labute approximate surface area is 142 Å². The minimum Gasteiger partial charge on any atom is -0.357 e. The molecule has 0 aliphatic heterocycles. The standard InChI is InChI=1S/C17H17N5OS/c1-10-3-4-14-13(5-10)16(23)6-12(20-14)7-18-11(2)15-8-22-17(21-15)24-9-19-22/h3-6,8-9,11,18H,7H2,1-2H3,(H,20,23)/t11-/m0/s1. The summed E-state index contributed by atoms with van der Waals surface area (Å²) < 4.78 is 1.78. The fraction of sp³-hybridized carbons (Fsp3) is 0.235. The van der Waals surface area contributed by atoms with E-state index in [4.69, 9.17) is 0 Å². The van der Waals surface area contributed by atoms with Gasteiger partial charge >= 0.3 is 0 Å². The van der Waals surface area contributed by atoms with Crippen LogP contribution in [0.3, 0.4) is 0 Å². The van der Waals surface area contributed by atoms with Gasteiger partial charge in [0.15, 0.2) is 5.43 Å².